The molecule has 0 radical (unpaired) electrons. The van der Waals surface area contributed by atoms with E-state index in [0.29, 0.717) is 0 Å². The van der Waals surface area contributed by atoms with Crippen molar-refractivity contribution in [1.29, 1.82) is 0 Å². The highest BCUT2D eigenvalue weighted by Gasteiger charge is 2.43. The van der Waals surface area contributed by atoms with E-state index in [1.54, 1.807) is 13.8 Å². The Morgan fingerprint density at radius 1 is 1.19 bits per heavy atom. The van der Waals surface area contributed by atoms with E-state index in [4.69, 9.17) is 4.74 Å². The SMILES string of the molecule is CC1(C)NC(=O)N(CCCC(=O)OCC(=O)c2ccc(F)c(F)c2)C1=O. The summed E-state index contributed by atoms with van der Waals surface area (Å²) in [6.07, 6.45) is 0.0655. The van der Waals surface area contributed by atoms with E-state index in [0.717, 1.165) is 23.1 Å². The third-order valence-electron chi connectivity index (χ3n) is 3.81. The summed E-state index contributed by atoms with van der Waals surface area (Å²) in [4.78, 5) is 48.1. The quantitative estimate of drug-likeness (QED) is 0.450. The lowest BCUT2D eigenvalue weighted by Crippen LogP contribution is -2.40. The van der Waals surface area contributed by atoms with E-state index in [1.807, 2.05) is 0 Å². The Labute approximate surface area is 148 Å². The molecular weight excluding hydrogens is 350 g/mol. The van der Waals surface area contributed by atoms with Crippen molar-refractivity contribution in [3.63, 3.8) is 0 Å². The fraction of sp³-hybridized carbons (Fsp3) is 0.412. The van der Waals surface area contributed by atoms with E-state index in [1.165, 1.54) is 0 Å². The number of carbonyl (C=O) groups excluding carboxylic acids is 4. The molecule has 0 bridgehead atoms. The summed E-state index contributed by atoms with van der Waals surface area (Å²) in [5.41, 5.74) is -1.09. The van der Waals surface area contributed by atoms with Gasteiger partial charge in [-0.3, -0.25) is 19.3 Å². The number of nitrogens with zero attached hydrogens (tertiary/aromatic N) is 1. The molecule has 9 heteroatoms. The van der Waals surface area contributed by atoms with Crippen molar-refractivity contribution in [3.8, 4) is 0 Å². The Kier molecular flexibility index (Phi) is 5.69. The molecule has 1 aliphatic heterocycles. The van der Waals surface area contributed by atoms with Gasteiger partial charge in [0.2, 0.25) is 0 Å². The van der Waals surface area contributed by atoms with Crippen LogP contribution >= 0.6 is 0 Å². The molecule has 1 fully saturated rings. The van der Waals surface area contributed by atoms with Gasteiger partial charge in [0.05, 0.1) is 0 Å². The Morgan fingerprint density at radius 3 is 2.46 bits per heavy atom. The molecule has 1 N–H and O–H groups in total. The lowest BCUT2D eigenvalue weighted by Gasteiger charge is -2.15. The van der Waals surface area contributed by atoms with E-state index in [2.05, 4.69) is 5.32 Å². The maximum Gasteiger partial charge on any atom is 0.325 e. The number of urea groups is 1. The van der Waals surface area contributed by atoms with Gasteiger partial charge in [-0.15, -0.1) is 0 Å². The molecule has 7 nitrogen and oxygen atoms in total. The molecule has 1 aromatic carbocycles. The number of nitrogens with one attached hydrogen (secondary N) is 1. The molecule has 0 aliphatic carbocycles. The smallest absolute Gasteiger partial charge is 0.325 e. The van der Waals surface area contributed by atoms with Crippen LogP contribution in [-0.2, 0) is 14.3 Å². The second kappa shape index (κ2) is 7.59. The molecule has 0 atom stereocenters. The van der Waals surface area contributed by atoms with Crippen LogP contribution in [0.25, 0.3) is 0 Å². The van der Waals surface area contributed by atoms with Gasteiger partial charge < -0.3 is 10.1 Å². The molecule has 1 heterocycles. The second-order valence-corrected chi connectivity index (χ2v) is 6.33. The number of amides is 3. The zero-order chi connectivity index (χ0) is 19.5. The third-order valence-corrected chi connectivity index (χ3v) is 3.81. The lowest BCUT2D eigenvalue weighted by molar-refractivity contribution is -0.143. The molecular formula is C17H18F2N2O5. The highest BCUT2D eigenvalue weighted by atomic mass is 19.2. The molecule has 1 saturated heterocycles. The number of benzene rings is 1. The number of ketones is 1. The Balaban J connectivity index is 1.75. The molecule has 0 unspecified atom stereocenters. The fourth-order valence-corrected chi connectivity index (χ4v) is 2.37. The number of Topliss-reactive ketones (excluding diaryl/α,β-unsaturated/α-hetero) is 1. The minimum absolute atomic E-state index is 0.0420. The molecule has 1 aromatic rings. The summed E-state index contributed by atoms with van der Waals surface area (Å²) in [5.74, 6) is -4.01. The minimum atomic E-state index is -1.17. The standard InChI is InChI=1S/C17H18F2N2O5/c1-17(2)15(24)21(16(25)20-17)7-3-4-14(23)26-9-13(22)10-5-6-11(18)12(19)8-10/h5-6,8H,3-4,7,9H2,1-2H3,(H,20,25). The van der Waals surface area contributed by atoms with Gasteiger partial charge in [-0.2, -0.15) is 0 Å². The lowest BCUT2D eigenvalue weighted by atomic mass is 10.1. The molecule has 3 amide bonds. The van der Waals surface area contributed by atoms with Crippen LogP contribution in [0.2, 0.25) is 0 Å². The Bertz CT molecular complexity index is 764. The molecule has 140 valence electrons. The number of halogens is 2. The van der Waals surface area contributed by atoms with Crippen molar-refractivity contribution >= 4 is 23.7 Å². The molecule has 1 aliphatic rings. The average molecular weight is 368 g/mol. The number of hydrogen-bond donors (Lipinski definition) is 1. The highest BCUT2D eigenvalue weighted by Crippen LogP contribution is 2.17. The number of rotatable bonds is 7. The van der Waals surface area contributed by atoms with Crippen molar-refractivity contribution in [2.75, 3.05) is 13.2 Å². The highest BCUT2D eigenvalue weighted by molar-refractivity contribution is 6.06. The maximum atomic E-state index is 13.1. The van der Waals surface area contributed by atoms with Crippen molar-refractivity contribution in [1.82, 2.24) is 10.2 Å². The monoisotopic (exact) mass is 368 g/mol. The van der Waals surface area contributed by atoms with Crippen molar-refractivity contribution in [3.05, 3.63) is 35.4 Å². The van der Waals surface area contributed by atoms with Gasteiger partial charge in [0.25, 0.3) is 5.91 Å². The van der Waals surface area contributed by atoms with Crippen molar-refractivity contribution in [2.45, 2.75) is 32.2 Å². The summed E-state index contributed by atoms with van der Waals surface area (Å²) in [5, 5.41) is 2.52. The van der Waals surface area contributed by atoms with Gasteiger partial charge in [0.1, 0.15) is 5.54 Å². The van der Waals surface area contributed by atoms with Crippen LogP contribution in [0.3, 0.4) is 0 Å². The van der Waals surface area contributed by atoms with Crippen LogP contribution in [0.5, 0.6) is 0 Å². The van der Waals surface area contributed by atoms with Gasteiger partial charge >= 0.3 is 12.0 Å². The fourth-order valence-electron chi connectivity index (χ4n) is 2.37. The maximum absolute atomic E-state index is 13.1. The van der Waals surface area contributed by atoms with E-state index in [9.17, 15) is 28.0 Å². The van der Waals surface area contributed by atoms with Crippen LogP contribution in [0.4, 0.5) is 13.6 Å². The first-order valence-corrected chi connectivity index (χ1v) is 7.90. The van der Waals surface area contributed by atoms with E-state index in [-0.39, 0.29) is 30.9 Å². The predicted molar refractivity (Wildman–Crippen MR) is 85.2 cm³/mol. The zero-order valence-corrected chi connectivity index (χ0v) is 14.3. The van der Waals surface area contributed by atoms with Crippen LogP contribution in [0, 0.1) is 11.6 Å². The summed E-state index contributed by atoms with van der Waals surface area (Å²) >= 11 is 0. The number of hydrogen-bond acceptors (Lipinski definition) is 5. The molecule has 0 aromatic heterocycles. The average Bonchev–Trinajstić information content (AvgIpc) is 2.76. The van der Waals surface area contributed by atoms with Crippen LogP contribution in [-0.4, -0.2) is 47.3 Å². The number of carbonyl (C=O) groups is 4. The summed E-state index contributed by atoms with van der Waals surface area (Å²) in [6.45, 7) is 2.58. The molecule has 0 spiro atoms. The topological polar surface area (TPSA) is 92.8 Å². The van der Waals surface area contributed by atoms with Crippen molar-refractivity contribution < 1.29 is 32.7 Å². The first-order valence-electron chi connectivity index (χ1n) is 7.90. The predicted octanol–water partition coefficient (Wildman–Crippen LogP) is 1.80. The van der Waals surface area contributed by atoms with E-state index < -0.39 is 41.6 Å². The van der Waals surface area contributed by atoms with Gasteiger partial charge in [0.15, 0.2) is 24.0 Å². The summed E-state index contributed by atoms with van der Waals surface area (Å²) < 4.78 is 30.7. The zero-order valence-electron chi connectivity index (χ0n) is 14.3. The number of imide groups is 1. The third kappa shape index (κ3) is 4.41. The van der Waals surface area contributed by atoms with Crippen LogP contribution in [0.15, 0.2) is 18.2 Å². The minimum Gasteiger partial charge on any atom is -0.457 e. The Hall–Kier alpha value is -2.84. The van der Waals surface area contributed by atoms with Crippen LogP contribution in [0.1, 0.15) is 37.0 Å². The van der Waals surface area contributed by atoms with Crippen molar-refractivity contribution in [2.24, 2.45) is 0 Å². The van der Waals surface area contributed by atoms with Gasteiger partial charge in [-0.05, 0) is 38.5 Å². The van der Waals surface area contributed by atoms with Gasteiger partial charge in [-0.25, -0.2) is 13.6 Å². The number of ether oxygens (including phenoxy) is 1. The normalized spacial score (nSPS) is 15.8. The number of esters is 1. The second-order valence-electron chi connectivity index (χ2n) is 6.33. The van der Waals surface area contributed by atoms with Gasteiger partial charge in [-0.1, -0.05) is 0 Å². The molecule has 2 rings (SSSR count). The molecule has 26 heavy (non-hydrogen) atoms. The van der Waals surface area contributed by atoms with Gasteiger partial charge in [0, 0.05) is 18.5 Å². The Morgan fingerprint density at radius 2 is 1.88 bits per heavy atom. The first-order chi connectivity index (χ1) is 12.1. The molecule has 0 saturated carbocycles. The summed E-state index contributed by atoms with van der Waals surface area (Å²) in [6, 6.07) is 2.10. The summed E-state index contributed by atoms with van der Waals surface area (Å²) in [7, 11) is 0. The first kappa shape index (κ1) is 19.5. The largest absolute Gasteiger partial charge is 0.457 e. The van der Waals surface area contributed by atoms with E-state index >= 15 is 0 Å². The van der Waals surface area contributed by atoms with Crippen LogP contribution < -0.4 is 5.32 Å².